The molecule has 3 rings (SSSR count). The summed E-state index contributed by atoms with van der Waals surface area (Å²) in [6.07, 6.45) is 7.93. The lowest BCUT2D eigenvalue weighted by atomic mass is 10.1. The summed E-state index contributed by atoms with van der Waals surface area (Å²) in [6, 6.07) is 4.45. The van der Waals surface area contributed by atoms with E-state index in [1.165, 1.54) is 18.4 Å². The summed E-state index contributed by atoms with van der Waals surface area (Å²) in [6.45, 7) is 4.22. The summed E-state index contributed by atoms with van der Waals surface area (Å²) in [4.78, 5) is 14.2. The summed E-state index contributed by atoms with van der Waals surface area (Å²) in [7, 11) is 0. The lowest BCUT2D eigenvalue weighted by molar-refractivity contribution is -0.122. The van der Waals surface area contributed by atoms with Gasteiger partial charge in [-0.3, -0.25) is 9.69 Å². The molecular formula is C17H24N2O2. The molecule has 1 amide bonds. The van der Waals surface area contributed by atoms with Gasteiger partial charge in [0, 0.05) is 19.1 Å². The Balaban J connectivity index is 1.48. The molecule has 0 unspecified atom stereocenters. The van der Waals surface area contributed by atoms with Crippen LogP contribution in [-0.2, 0) is 4.79 Å². The number of hydrogen-bond acceptors (Lipinski definition) is 3. The lowest BCUT2D eigenvalue weighted by Crippen LogP contribution is -2.42. The monoisotopic (exact) mass is 288 g/mol. The summed E-state index contributed by atoms with van der Waals surface area (Å²) in [5.41, 5.74) is 1.26. The topological polar surface area (TPSA) is 45.5 Å². The quantitative estimate of drug-likeness (QED) is 0.926. The van der Waals surface area contributed by atoms with Crippen molar-refractivity contribution >= 4 is 11.5 Å². The van der Waals surface area contributed by atoms with Crippen molar-refractivity contribution in [3.63, 3.8) is 0 Å². The minimum atomic E-state index is 0.174. The zero-order valence-corrected chi connectivity index (χ0v) is 12.7. The number of rotatable bonds is 4. The van der Waals surface area contributed by atoms with Gasteiger partial charge in [-0.1, -0.05) is 18.9 Å². The van der Waals surface area contributed by atoms with E-state index >= 15 is 0 Å². The van der Waals surface area contributed by atoms with Crippen LogP contribution in [0.1, 0.15) is 43.6 Å². The van der Waals surface area contributed by atoms with Crippen LogP contribution in [0.4, 0.5) is 0 Å². The van der Waals surface area contributed by atoms with E-state index in [0.29, 0.717) is 12.6 Å². The fraction of sp³-hybridized carbons (Fsp3) is 0.588. The maximum atomic E-state index is 12.0. The third kappa shape index (κ3) is 3.76. The molecule has 0 saturated heterocycles. The SMILES string of the molecule is Cc1ccc(C2=CCN(CC(=O)NC3CCCC3)CC2)o1. The second-order valence-corrected chi connectivity index (χ2v) is 6.17. The molecule has 0 radical (unpaired) electrons. The number of carbonyl (C=O) groups excluding carboxylic acids is 1. The van der Waals surface area contributed by atoms with Crippen LogP contribution in [0.3, 0.4) is 0 Å². The Morgan fingerprint density at radius 1 is 1.38 bits per heavy atom. The molecule has 0 atom stereocenters. The number of aryl methyl sites for hydroxylation is 1. The Kier molecular flexibility index (Phi) is 4.44. The molecule has 4 nitrogen and oxygen atoms in total. The van der Waals surface area contributed by atoms with Gasteiger partial charge in [-0.2, -0.15) is 0 Å². The number of amides is 1. The average Bonchev–Trinajstić information content (AvgIpc) is 3.11. The first-order valence-corrected chi connectivity index (χ1v) is 7.98. The highest BCUT2D eigenvalue weighted by molar-refractivity contribution is 5.78. The van der Waals surface area contributed by atoms with Crippen molar-refractivity contribution in [2.24, 2.45) is 0 Å². The second-order valence-electron chi connectivity index (χ2n) is 6.17. The van der Waals surface area contributed by atoms with Gasteiger partial charge < -0.3 is 9.73 Å². The first kappa shape index (κ1) is 14.4. The Morgan fingerprint density at radius 3 is 2.81 bits per heavy atom. The molecule has 2 aliphatic rings. The van der Waals surface area contributed by atoms with E-state index in [-0.39, 0.29) is 5.91 Å². The summed E-state index contributed by atoms with van der Waals surface area (Å²) < 4.78 is 5.66. The third-order valence-electron chi connectivity index (χ3n) is 4.44. The maximum Gasteiger partial charge on any atom is 0.234 e. The predicted molar refractivity (Wildman–Crippen MR) is 82.9 cm³/mol. The normalized spacial score (nSPS) is 20.5. The molecule has 0 aromatic carbocycles. The summed E-state index contributed by atoms with van der Waals surface area (Å²) >= 11 is 0. The van der Waals surface area contributed by atoms with Gasteiger partial charge in [-0.05, 0) is 43.9 Å². The van der Waals surface area contributed by atoms with Crippen LogP contribution < -0.4 is 5.32 Å². The smallest absolute Gasteiger partial charge is 0.234 e. The molecule has 1 aliphatic heterocycles. The largest absolute Gasteiger partial charge is 0.462 e. The molecule has 2 heterocycles. The number of nitrogens with one attached hydrogen (secondary N) is 1. The predicted octanol–water partition coefficient (Wildman–Crippen LogP) is 2.74. The highest BCUT2D eigenvalue weighted by Crippen LogP contribution is 2.24. The Bertz CT molecular complexity index is 527. The van der Waals surface area contributed by atoms with E-state index in [4.69, 9.17) is 4.42 Å². The van der Waals surface area contributed by atoms with Crippen molar-refractivity contribution in [2.45, 2.75) is 45.1 Å². The lowest BCUT2D eigenvalue weighted by Gasteiger charge is -2.25. The van der Waals surface area contributed by atoms with Crippen LogP contribution in [0.2, 0.25) is 0 Å². The zero-order valence-electron chi connectivity index (χ0n) is 12.7. The van der Waals surface area contributed by atoms with Crippen molar-refractivity contribution in [1.29, 1.82) is 0 Å². The Labute approximate surface area is 126 Å². The van der Waals surface area contributed by atoms with Gasteiger partial charge in [0.1, 0.15) is 11.5 Å². The highest BCUT2D eigenvalue weighted by Gasteiger charge is 2.20. The van der Waals surface area contributed by atoms with Gasteiger partial charge in [0.15, 0.2) is 0 Å². The van der Waals surface area contributed by atoms with Crippen LogP contribution >= 0.6 is 0 Å². The molecule has 1 aliphatic carbocycles. The number of hydrogen-bond donors (Lipinski definition) is 1. The molecule has 4 heteroatoms. The van der Waals surface area contributed by atoms with E-state index in [0.717, 1.165) is 43.9 Å². The summed E-state index contributed by atoms with van der Waals surface area (Å²) in [5, 5.41) is 3.15. The summed E-state index contributed by atoms with van der Waals surface area (Å²) in [5.74, 6) is 2.10. The second kappa shape index (κ2) is 6.48. The first-order valence-electron chi connectivity index (χ1n) is 7.98. The van der Waals surface area contributed by atoms with Crippen LogP contribution in [0.5, 0.6) is 0 Å². The minimum absolute atomic E-state index is 0.174. The van der Waals surface area contributed by atoms with Crippen molar-refractivity contribution in [3.05, 3.63) is 29.7 Å². The highest BCUT2D eigenvalue weighted by atomic mass is 16.3. The molecule has 0 spiro atoms. The van der Waals surface area contributed by atoms with Gasteiger partial charge >= 0.3 is 0 Å². The van der Waals surface area contributed by atoms with Crippen LogP contribution in [0.25, 0.3) is 5.57 Å². The van der Waals surface area contributed by atoms with E-state index in [9.17, 15) is 4.79 Å². The van der Waals surface area contributed by atoms with Gasteiger partial charge in [0.2, 0.25) is 5.91 Å². The van der Waals surface area contributed by atoms with Crippen LogP contribution in [0.15, 0.2) is 22.6 Å². The van der Waals surface area contributed by atoms with E-state index < -0.39 is 0 Å². The van der Waals surface area contributed by atoms with Crippen molar-refractivity contribution in [3.8, 4) is 0 Å². The van der Waals surface area contributed by atoms with Crippen LogP contribution in [0, 0.1) is 6.92 Å². The molecule has 1 aromatic rings. The fourth-order valence-electron chi connectivity index (χ4n) is 3.23. The molecule has 0 bridgehead atoms. The fourth-order valence-corrected chi connectivity index (χ4v) is 3.23. The average molecular weight is 288 g/mol. The van der Waals surface area contributed by atoms with Crippen molar-refractivity contribution in [2.75, 3.05) is 19.6 Å². The number of furan rings is 1. The number of nitrogens with zero attached hydrogens (tertiary/aromatic N) is 1. The molecule has 1 N–H and O–H groups in total. The molecule has 114 valence electrons. The minimum Gasteiger partial charge on any atom is -0.462 e. The zero-order chi connectivity index (χ0) is 14.7. The van der Waals surface area contributed by atoms with Crippen LogP contribution in [-0.4, -0.2) is 36.5 Å². The maximum absolute atomic E-state index is 12.0. The Morgan fingerprint density at radius 2 is 2.19 bits per heavy atom. The molecule has 1 fully saturated rings. The number of carbonyl (C=O) groups is 1. The third-order valence-corrected chi connectivity index (χ3v) is 4.44. The molecular weight excluding hydrogens is 264 g/mol. The van der Waals surface area contributed by atoms with Gasteiger partial charge in [-0.15, -0.1) is 0 Å². The first-order chi connectivity index (χ1) is 10.2. The van der Waals surface area contributed by atoms with E-state index in [1.54, 1.807) is 0 Å². The molecule has 1 saturated carbocycles. The van der Waals surface area contributed by atoms with Gasteiger partial charge in [0.25, 0.3) is 0 Å². The van der Waals surface area contributed by atoms with Gasteiger partial charge in [0.05, 0.1) is 6.54 Å². The van der Waals surface area contributed by atoms with E-state index in [1.807, 2.05) is 19.1 Å². The van der Waals surface area contributed by atoms with Gasteiger partial charge in [-0.25, -0.2) is 0 Å². The molecule has 21 heavy (non-hydrogen) atoms. The van der Waals surface area contributed by atoms with Crippen molar-refractivity contribution in [1.82, 2.24) is 10.2 Å². The standard InChI is InChI=1S/C17H24N2O2/c1-13-6-7-16(21-13)14-8-10-19(11-9-14)12-17(20)18-15-4-2-3-5-15/h6-8,15H,2-5,9-12H2,1H3,(H,18,20). The Hall–Kier alpha value is -1.55. The van der Waals surface area contributed by atoms with Crippen molar-refractivity contribution < 1.29 is 9.21 Å². The van der Waals surface area contributed by atoms with E-state index in [2.05, 4.69) is 16.3 Å². The molecule has 1 aromatic heterocycles.